The first-order valence-corrected chi connectivity index (χ1v) is 16.8. The van der Waals surface area contributed by atoms with Crippen molar-refractivity contribution in [2.45, 2.75) is 19.3 Å². The topological polar surface area (TPSA) is 27.7 Å². The maximum absolute atomic E-state index is 8.13. The Morgan fingerprint density at radius 3 is 2.12 bits per heavy atom. The van der Waals surface area contributed by atoms with Crippen LogP contribution in [0.25, 0.3) is 66.6 Å². The summed E-state index contributed by atoms with van der Waals surface area (Å²) in [5.41, 5.74) is 10.2. The van der Waals surface area contributed by atoms with Crippen LogP contribution in [0.1, 0.15) is 29.1 Å². The average molecular weight is 842 g/mol. The molecule has 9 aromatic rings. The van der Waals surface area contributed by atoms with Gasteiger partial charge in [0.1, 0.15) is 5.82 Å². The zero-order chi connectivity index (χ0) is 36.3. The molecule has 0 spiro atoms. The predicted octanol–water partition coefficient (Wildman–Crippen LogP) is 11.0. The number of pyridine rings is 1. The van der Waals surface area contributed by atoms with Gasteiger partial charge in [-0.05, 0) is 63.4 Å². The molecule has 0 bridgehead atoms. The molecule has 0 unspecified atom stereocenters. The Morgan fingerprint density at radius 1 is 0.627 bits per heavy atom. The number of fused-ring (bicyclic) bond motifs is 4. The number of benzene rings is 6. The van der Waals surface area contributed by atoms with Crippen molar-refractivity contribution in [3.63, 3.8) is 0 Å². The molecular formula is C46H35N4Pt-. The van der Waals surface area contributed by atoms with Gasteiger partial charge in [-0.2, -0.15) is 35.9 Å². The van der Waals surface area contributed by atoms with Gasteiger partial charge in [-0.1, -0.05) is 92.2 Å². The minimum absolute atomic E-state index is 0. The van der Waals surface area contributed by atoms with Gasteiger partial charge in [0.15, 0.2) is 17.4 Å². The normalized spacial score (nSPS) is 12.8. The van der Waals surface area contributed by atoms with E-state index < -0.39 is 12.4 Å². The predicted molar refractivity (Wildman–Crippen MR) is 206 cm³/mol. The van der Waals surface area contributed by atoms with E-state index in [-0.39, 0.29) is 21.1 Å². The van der Waals surface area contributed by atoms with E-state index in [4.69, 9.17) is 9.10 Å². The van der Waals surface area contributed by atoms with E-state index in [0.29, 0.717) is 5.52 Å². The number of hydrogen-bond acceptors (Lipinski definition) is 1. The summed E-state index contributed by atoms with van der Waals surface area (Å²) in [6, 6.07) is 57.1. The van der Waals surface area contributed by atoms with E-state index in [0.717, 1.165) is 61.1 Å². The van der Waals surface area contributed by atoms with Crippen molar-refractivity contribution in [1.82, 2.24) is 18.7 Å². The number of aryl methyl sites for hydroxylation is 1. The van der Waals surface area contributed by atoms with Crippen LogP contribution in [0.4, 0.5) is 0 Å². The van der Waals surface area contributed by atoms with Crippen molar-refractivity contribution in [3.8, 4) is 33.8 Å². The molecule has 51 heavy (non-hydrogen) atoms. The number of rotatable bonds is 6. The molecule has 0 saturated carbocycles. The first kappa shape index (κ1) is 29.2. The summed E-state index contributed by atoms with van der Waals surface area (Å²) >= 11 is 0. The van der Waals surface area contributed by atoms with Crippen molar-refractivity contribution in [2.24, 2.45) is 6.98 Å². The Hall–Kier alpha value is -5.57. The van der Waals surface area contributed by atoms with Gasteiger partial charge < -0.3 is 4.57 Å². The van der Waals surface area contributed by atoms with E-state index in [2.05, 4.69) is 134 Å². The summed E-state index contributed by atoms with van der Waals surface area (Å²) in [6.07, 6.45) is 3.54. The second-order valence-electron chi connectivity index (χ2n) is 13.2. The summed E-state index contributed by atoms with van der Waals surface area (Å²) < 4.78 is 29.9. The van der Waals surface area contributed by atoms with Crippen LogP contribution in [0.2, 0.25) is 0 Å². The Bertz CT molecular complexity index is 2820. The molecule has 3 aromatic heterocycles. The Kier molecular flexibility index (Phi) is 7.41. The minimum Gasteiger partial charge on any atom is -0.319 e. The minimum atomic E-state index is -2.32. The van der Waals surface area contributed by atoms with Crippen molar-refractivity contribution in [1.29, 1.82) is 0 Å². The molecule has 0 aliphatic carbocycles. The summed E-state index contributed by atoms with van der Waals surface area (Å²) in [4.78, 5) is 4.94. The van der Waals surface area contributed by atoms with E-state index in [1.807, 2.05) is 53.2 Å². The average Bonchev–Trinajstić information content (AvgIpc) is 3.75. The van der Waals surface area contributed by atoms with Crippen LogP contribution >= 0.6 is 0 Å². The third-order valence-electron chi connectivity index (χ3n) is 9.90. The van der Waals surface area contributed by atoms with Crippen LogP contribution in [-0.4, -0.2) is 18.7 Å². The Morgan fingerprint density at radius 2 is 1.31 bits per heavy atom. The molecule has 0 radical (unpaired) electrons. The summed E-state index contributed by atoms with van der Waals surface area (Å²) in [5.74, 6) is 0.818. The molecule has 250 valence electrons. The summed E-state index contributed by atoms with van der Waals surface area (Å²) in [5, 5.41) is 2.23. The number of imidazole rings is 1. The van der Waals surface area contributed by atoms with Gasteiger partial charge in [-0.3, -0.25) is 0 Å². The summed E-state index contributed by atoms with van der Waals surface area (Å²) in [7, 11) is 0. The number of hydrogen-bond donors (Lipinski definition) is 0. The van der Waals surface area contributed by atoms with Crippen LogP contribution in [0, 0.1) is 12.1 Å². The Balaban J connectivity index is 0.00000413. The molecule has 0 saturated heterocycles. The fourth-order valence-electron chi connectivity index (χ4n) is 7.22. The van der Waals surface area contributed by atoms with E-state index in [1.165, 1.54) is 15.7 Å². The van der Waals surface area contributed by atoms with Gasteiger partial charge >= 0.3 is 0 Å². The molecule has 6 aromatic carbocycles. The molecule has 0 amide bonds. The van der Waals surface area contributed by atoms with Crippen LogP contribution in [0.5, 0.6) is 0 Å². The molecule has 9 rings (SSSR count). The van der Waals surface area contributed by atoms with Crippen LogP contribution < -0.4 is 0 Å². The number of nitrogens with zero attached hydrogens (tertiary/aromatic N) is 4. The maximum atomic E-state index is 8.13. The van der Waals surface area contributed by atoms with Gasteiger partial charge in [-0.15, -0.1) is 23.1 Å². The molecule has 0 atom stereocenters. The van der Waals surface area contributed by atoms with Gasteiger partial charge in [0, 0.05) is 61.7 Å². The molecule has 3 heterocycles. The standard InChI is InChI=1S/C46H35N4.Pt/c1-46(2,34-16-13-17-36(29-34)49-31-48(3)42-22-11-12-23-43(42)49)35-24-25-40-39-20-9-10-21-41(39)50(44(40)30-35)45-28-33(26-27-47-45)38-19-8-7-18-37(38)32-14-5-4-6-15-32;/h4-28,31H,1-3H3;/q-1;/i3D3;. The monoisotopic (exact) mass is 841 g/mol. The maximum Gasteiger partial charge on any atom is 0.188 e. The molecular weight excluding hydrogens is 804 g/mol. The van der Waals surface area contributed by atoms with Gasteiger partial charge in [0.05, 0.1) is 0 Å². The fraction of sp³-hybridized carbons (Fsp3) is 0.0870. The third-order valence-corrected chi connectivity index (χ3v) is 9.90. The van der Waals surface area contributed by atoms with E-state index >= 15 is 0 Å². The molecule has 0 N–H and O–H groups in total. The number of aromatic nitrogens is 4. The van der Waals surface area contributed by atoms with E-state index in [9.17, 15) is 0 Å². The first-order chi connectivity index (χ1) is 25.7. The molecule has 0 aliphatic heterocycles. The third kappa shape index (κ3) is 5.51. The SMILES string of the molecule is [2H]C([2H])([2H])n1[cH+]n(-c2[c-]c(C(C)(C)c3[c-]c4c(cc3)c3ccccc3n4-c3cc(-c4ccccc4-c4ccccc4)ccn3)ccc2)c2ccccc21.[Pt]. The smallest absolute Gasteiger partial charge is 0.188 e. The second kappa shape index (κ2) is 13.0. The molecule has 4 nitrogen and oxygen atoms in total. The van der Waals surface area contributed by atoms with Crippen molar-refractivity contribution >= 4 is 32.8 Å². The zero-order valence-corrected chi connectivity index (χ0v) is 30.4. The zero-order valence-electron chi connectivity index (χ0n) is 31.1. The fourth-order valence-corrected chi connectivity index (χ4v) is 7.22. The molecule has 5 heteroatoms. The van der Waals surface area contributed by atoms with Crippen LogP contribution in [0.3, 0.4) is 0 Å². The first-order valence-electron chi connectivity index (χ1n) is 18.3. The van der Waals surface area contributed by atoms with Crippen molar-refractivity contribution < 1.29 is 25.2 Å². The largest absolute Gasteiger partial charge is 0.319 e. The van der Waals surface area contributed by atoms with Crippen LogP contribution in [-0.2, 0) is 33.5 Å². The number of para-hydroxylation sites is 3. The Labute approximate surface area is 316 Å². The summed E-state index contributed by atoms with van der Waals surface area (Å²) in [6.45, 7) is 2.05. The second-order valence-corrected chi connectivity index (χ2v) is 13.2. The molecule has 0 fully saturated rings. The quantitative estimate of drug-likeness (QED) is 0.153. The van der Waals surface area contributed by atoms with Gasteiger partial charge in [0.2, 0.25) is 0 Å². The van der Waals surface area contributed by atoms with Gasteiger partial charge in [0.25, 0.3) is 0 Å². The molecule has 0 aliphatic rings. The van der Waals surface area contributed by atoms with E-state index in [1.54, 1.807) is 6.33 Å². The van der Waals surface area contributed by atoms with Gasteiger partial charge in [-0.25, -0.2) is 14.1 Å². The van der Waals surface area contributed by atoms with Crippen molar-refractivity contribution in [3.05, 3.63) is 181 Å². The van der Waals surface area contributed by atoms with Crippen molar-refractivity contribution in [2.75, 3.05) is 0 Å². The van der Waals surface area contributed by atoms with Crippen LogP contribution in [0.15, 0.2) is 158 Å².